The summed E-state index contributed by atoms with van der Waals surface area (Å²) in [6, 6.07) is 4.40. The number of rotatable bonds is 1. The van der Waals surface area contributed by atoms with Gasteiger partial charge in [-0.1, -0.05) is 15.9 Å². The third kappa shape index (κ3) is 1.85. The maximum atomic E-state index is 13.6. The van der Waals surface area contributed by atoms with E-state index in [2.05, 4.69) is 15.9 Å². The minimum absolute atomic E-state index is 0.245. The van der Waals surface area contributed by atoms with Gasteiger partial charge in [-0.3, -0.25) is 4.79 Å². The Kier molecular flexibility index (Phi) is 2.99. The molecule has 1 amide bonds. The summed E-state index contributed by atoms with van der Waals surface area (Å²) in [6.07, 6.45) is -0.846. The van der Waals surface area contributed by atoms with Crippen LogP contribution in [0.25, 0.3) is 0 Å². The summed E-state index contributed by atoms with van der Waals surface area (Å²) >= 11 is 3.23. The smallest absolute Gasteiger partial charge is 0.232 e. The molecule has 1 heterocycles. The van der Waals surface area contributed by atoms with Gasteiger partial charge in [-0.25, -0.2) is 4.39 Å². The van der Waals surface area contributed by atoms with E-state index in [1.807, 2.05) is 0 Å². The average Bonchev–Trinajstić information content (AvgIpc) is 2.46. The van der Waals surface area contributed by atoms with Crippen LogP contribution in [0.4, 0.5) is 4.39 Å². The van der Waals surface area contributed by atoms with Gasteiger partial charge in [0.2, 0.25) is 5.91 Å². The minimum Gasteiger partial charge on any atom is -0.390 e. The molecule has 0 radical (unpaired) electrons. The number of halogens is 2. The van der Waals surface area contributed by atoms with Gasteiger partial charge in [-0.2, -0.15) is 0 Å². The van der Waals surface area contributed by atoms with Crippen LogP contribution in [-0.4, -0.2) is 35.6 Å². The van der Waals surface area contributed by atoms with Gasteiger partial charge in [0.25, 0.3) is 0 Å². The van der Waals surface area contributed by atoms with Crippen LogP contribution in [0.3, 0.4) is 0 Å². The molecule has 2 rings (SSSR count). The second kappa shape index (κ2) is 4.14. The van der Waals surface area contributed by atoms with E-state index in [9.17, 15) is 14.3 Å². The second-order valence-electron chi connectivity index (χ2n) is 3.93. The summed E-state index contributed by atoms with van der Waals surface area (Å²) in [5.74, 6) is -1.50. The zero-order valence-corrected chi connectivity index (χ0v) is 10.2. The highest BCUT2D eigenvalue weighted by molar-refractivity contribution is 9.10. The van der Waals surface area contributed by atoms with Gasteiger partial charge in [-0.05, 0) is 18.2 Å². The molecule has 0 aliphatic carbocycles. The topological polar surface area (TPSA) is 40.5 Å². The predicted molar refractivity (Wildman–Crippen MR) is 60.5 cm³/mol. The van der Waals surface area contributed by atoms with E-state index in [4.69, 9.17) is 0 Å². The first kappa shape index (κ1) is 11.5. The van der Waals surface area contributed by atoms with E-state index in [0.717, 1.165) is 0 Å². The molecule has 2 atom stereocenters. The Morgan fingerprint density at radius 2 is 2.25 bits per heavy atom. The number of β-amino-alcohol motifs (C(OH)–C–C–N with tert-alkyl or cyclic N) is 1. The number of likely N-dealkylation sites (tertiary alicyclic amines) is 1. The first-order valence-corrected chi connectivity index (χ1v) is 5.68. The molecular weight excluding hydrogens is 277 g/mol. The van der Waals surface area contributed by atoms with Crippen molar-refractivity contribution >= 4 is 21.8 Å². The van der Waals surface area contributed by atoms with Crippen molar-refractivity contribution in [3.63, 3.8) is 0 Å². The van der Waals surface area contributed by atoms with E-state index >= 15 is 0 Å². The molecule has 1 fully saturated rings. The highest BCUT2D eigenvalue weighted by Gasteiger charge is 2.39. The summed E-state index contributed by atoms with van der Waals surface area (Å²) < 4.78 is 14.3. The van der Waals surface area contributed by atoms with Crippen LogP contribution in [-0.2, 0) is 4.79 Å². The molecule has 1 aromatic carbocycles. The number of hydrogen-bond acceptors (Lipinski definition) is 2. The predicted octanol–water partition coefficient (Wildman–Crippen LogP) is 1.50. The van der Waals surface area contributed by atoms with Gasteiger partial charge in [0.1, 0.15) is 5.82 Å². The number of hydrogen-bond donors (Lipinski definition) is 1. The molecule has 1 aliphatic rings. The van der Waals surface area contributed by atoms with Crippen molar-refractivity contribution in [2.45, 2.75) is 12.0 Å². The first-order valence-electron chi connectivity index (χ1n) is 4.88. The lowest BCUT2D eigenvalue weighted by Gasteiger charge is -2.13. The van der Waals surface area contributed by atoms with Gasteiger partial charge in [0, 0.05) is 23.6 Å². The Morgan fingerprint density at radius 3 is 2.81 bits per heavy atom. The van der Waals surface area contributed by atoms with Crippen molar-refractivity contribution in [1.29, 1.82) is 0 Å². The maximum Gasteiger partial charge on any atom is 0.232 e. The number of likely N-dealkylation sites (N-methyl/N-ethyl adjacent to an activating group) is 1. The first-order chi connectivity index (χ1) is 7.50. The number of aliphatic hydroxyl groups excluding tert-OH is 1. The molecule has 1 N–H and O–H groups in total. The number of nitrogens with zero attached hydrogens (tertiary/aromatic N) is 1. The fraction of sp³-hybridized carbons (Fsp3) is 0.364. The molecule has 0 aromatic heterocycles. The van der Waals surface area contributed by atoms with Crippen molar-refractivity contribution in [1.82, 2.24) is 4.90 Å². The van der Waals surface area contributed by atoms with E-state index in [-0.39, 0.29) is 18.0 Å². The fourth-order valence-corrected chi connectivity index (χ4v) is 2.35. The van der Waals surface area contributed by atoms with Crippen LogP contribution in [0, 0.1) is 5.82 Å². The van der Waals surface area contributed by atoms with Crippen molar-refractivity contribution in [3.8, 4) is 0 Å². The van der Waals surface area contributed by atoms with Crippen molar-refractivity contribution in [2.24, 2.45) is 0 Å². The average molecular weight is 288 g/mol. The van der Waals surface area contributed by atoms with E-state index in [0.29, 0.717) is 4.47 Å². The summed E-state index contributed by atoms with van der Waals surface area (Å²) in [5.41, 5.74) is 0.247. The monoisotopic (exact) mass is 287 g/mol. The van der Waals surface area contributed by atoms with Gasteiger partial charge < -0.3 is 10.0 Å². The molecule has 0 saturated carbocycles. The molecule has 0 bridgehead atoms. The largest absolute Gasteiger partial charge is 0.390 e. The van der Waals surface area contributed by atoms with Crippen LogP contribution in [0.5, 0.6) is 0 Å². The molecule has 3 nitrogen and oxygen atoms in total. The lowest BCUT2D eigenvalue weighted by atomic mass is 9.95. The van der Waals surface area contributed by atoms with Crippen molar-refractivity contribution < 1.29 is 14.3 Å². The third-order valence-electron chi connectivity index (χ3n) is 2.78. The number of carbonyl (C=O) groups is 1. The standard InChI is InChI=1S/C11H11BrFNO2/c1-14-5-9(15)10(11(14)16)7-4-6(12)2-3-8(7)13/h2-4,9-10,15H,5H2,1H3. The maximum absolute atomic E-state index is 13.6. The normalized spacial score (nSPS) is 25.2. The Labute approximate surface area is 101 Å². The van der Waals surface area contributed by atoms with E-state index < -0.39 is 17.8 Å². The highest BCUT2D eigenvalue weighted by atomic mass is 79.9. The molecule has 1 aromatic rings. The molecule has 86 valence electrons. The molecule has 16 heavy (non-hydrogen) atoms. The summed E-state index contributed by atoms with van der Waals surface area (Å²) in [6.45, 7) is 0.245. The lowest BCUT2D eigenvalue weighted by molar-refractivity contribution is -0.128. The van der Waals surface area contributed by atoms with Gasteiger partial charge in [0.15, 0.2) is 0 Å². The number of aliphatic hydroxyl groups is 1. The van der Waals surface area contributed by atoms with Gasteiger partial charge >= 0.3 is 0 Å². The van der Waals surface area contributed by atoms with Gasteiger partial charge in [0.05, 0.1) is 12.0 Å². The van der Waals surface area contributed by atoms with Crippen molar-refractivity contribution in [2.75, 3.05) is 13.6 Å². The van der Waals surface area contributed by atoms with Crippen LogP contribution in [0.2, 0.25) is 0 Å². The Morgan fingerprint density at radius 1 is 1.56 bits per heavy atom. The molecule has 0 spiro atoms. The minimum atomic E-state index is -0.846. The molecule has 1 aliphatic heterocycles. The zero-order chi connectivity index (χ0) is 11.9. The zero-order valence-electron chi connectivity index (χ0n) is 8.65. The fourth-order valence-electron chi connectivity index (χ4n) is 1.97. The number of benzene rings is 1. The molecular formula is C11H11BrFNO2. The molecule has 1 saturated heterocycles. The van der Waals surface area contributed by atoms with E-state index in [1.54, 1.807) is 19.2 Å². The van der Waals surface area contributed by atoms with Gasteiger partial charge in [-0.15, -0.1) is 0 Å². The third-order valence-corrected chi connectivity index (χ3v) is 3.27. The number of amides is 1. The summed E-state index contributed by atoms with van der Waals surface area (Å²) in [5, 5.41) is 9.75. The van der Waals surface area contributed by atoms with E-state index in [1.165, 1.54) is 11.0 Å². The highest BCUT2D eigenvalue weighted by Crippen LogP contribution is 2.31. The second-order valence-corrected chi connectivity index (χ2v) is 4.85. The quantitative estimate of drug-likeness (QED) is 0.851. The van der Waals surface area contributed by atoms with Crippen LogP contribution >= 0.6 is 15.9 Å². The SMILES string of the molecule is CN1CC(O)C(c2cc(Br)ccc2F)C1=O. The van der Waals surface area contributed by atoms with Crippen LogP contribution in [0.15, 0.2) is 22.7 Å². The number of carbonyl (C=O) groups excluding carboxylic acids is 1. The Hall–Kier alpha value is -0.940. The van der Waals surface area contributed by atoms with Crippen molar-refractivity contribution in [3.05, 3.63) is 34.1 Å². The Balaban J connectivity index is 2.44. The molecule has 2 unspecified atom stereocenters. The Bertz CT molecular complexity index is 438. The lowest BCUT2D eigenvalue weighted by Crippen LogP contribution is -2.22. The summed E-state index contributed by atoms with van der Waals surface area (Å²) in [7, 11) is 1.60. The summed E-state index contributed by atoms with van der Waals surface area (Å²) in [4.78, 5) is 13.2. The van der Waals surface area contributed by atoms with Crippen LogP contribution in [0.1, 0.15) is 11.5 Å². The van der Waals surface area contributed by atoms with Crippen LogP contribution < -0.4 is 0 Å². The molecule has 5 heteroatoms.